The minimum Gasteiger partial charge on any atom is -0.370 e. The Morgan fingerprint density at radius 2 is 2.00 bits per heavy atom. The van der Waals surface area contributed by atoms with Gasteiger partial charge in [-0.2, -0.15) is 17.9 Å². The van der Waals surface area contributed by atoms with Crippen LogP contribution in [0.4, 0.5) is 13.2 Å². The first-order valence-electron chi connectivity index (χ1n) is 5.24. The molecule has 0 saturated carbocycles. The van der Waals surface area contributed by atoms with Gasteiger partial charge in [-0.1, -0.05) is 0 Å². The van der Waals surface area contributed by atoms with Gasteiger partial charge >= 0.3 is 15.5 Å². The van der Waals surface area contributed by atoms with Gasteiger partial charge in [0.2, 0.25) is 0 Å². The lowest BCUT2D eigenvalue weighted by Crippen LogP contribution is -2.40. The molecular weight excluding hydrogens is 277 g/mol. The smallest absolute Gasteiger partial charge is 0.370 e. The van der Waals surface area contributed by atoms with Crippen LogP contribution in [0.2, 0.25) is 0 Å². The van der Waals surface area contributed by atoms with Crippen molar-refractivity contribution in [3.8, 4) is 0 Å². The van der Waals surface area contributed by atoms with E-state index in [0.717, 1.165) is 0 Å². The Labute approximate surface area is 102 Å². The number of epoxide rings is 2. The quantitative estimate of drug-likeness (QED) is 0.666. The van der Waals surface area contributed by atoms with Crippen molar-refractivity contribution in [2.45, 2.75) is 36.9 Å². The number of nitrogens with one attached hydrogen (secondary N) is 2. The molecule has 2 heterocycles. The molecule has 0 spiro atoms. The lowest BCUT2D eigenvalue weighted by Gasteiger charge is -2.07. The van der Waals surface area contributed by atoms with Crippen LogP contribution in [0.1, 0.15) is 13.3 Å². The van der Waals surface area contributed by atoms with E-state index in [0.29, 0.717) is 19.6 Å². The minimum atomic E-state index is -5.35. The molecule has 6 nitrogen and oxygen atoms in total. The molecule has 0 aromatic heterocycles. The lowest BCUT2D eigenvalue weighted by atomic mass is 10.1. The fourth-order valence-electron chi connectivity index (χ4n) is 1.32. The Hall–Kier alpha value is -0.420. The summed E-state index contributed by atoms with van der Waals surface area (Å²) in [6.45, 7) is 3.04. The van der Waals surface area contributed by atoms with Gasteiger partial charge in [0, 0.05) is 6.54 Å². The van der Waals surface area contributed by atoms with Crippen molar-refractivity contribution >= 4 is 10.0 Å². The van der Waals surface area contributed by atoms with Gasteiger partial charge in [0.1, 0.15) is 0 Å². The van der Waals surface area contributed by atoms with Gasteiger partial charge < -0.3 is 9.47 Å². The maximum atomic E-state index is 12.0. The number of rotatable bonds is 6. The molecule has 10 heteroatoms. The molecular formula is C8H13F3N2O4S. The highest BCUT2D eigenvalue weighted by Crippen LogP contribution is 2.30. The maximum Gasteiger partial charge on any atom is 0.511 e. The van der Waals surface area contributed by atoms with Gasteiger partial charge in [0.15, 0.2) is 12.5 Å². The third-order valence-electron chi connectivity index (χ3n) is 2.70. The number of hydrogen-bond acceptors (Lipinski definition) is 5. The van der Waals surface area contributed by atoms with Crippen molar-refractivity contribution in [3.05, 3.63) is 0 Å². The van der Waals surface area contributed by atoms with Crippen molar-refractivity contribution in [1.82, 2.24) is 10.0 Å². The number of halogens is 3. The molecule has 2 rings (SSSR count). The predicted molar refractivity (Wildman–Crippen MR) is 53.7 cm³/mol. The van der Waals surface area contributed by atoms with Crippen LogP contribution < -0.4 is 10.0 Å². The second-order valence-electron chi connectivity index (χ2n) is 4.49. The van der Waals surface area contributed by atoms with Gasteiger partial charge in [-0.3, -0.25) is 5.32 Å². The molecule has 0 aromatic rings. The minimum absolute atomic E-state index is 0.164. The van der Waals surface area contributed by atoms with Gasteiger partial charge in [-0.05, 0) is 13.3 Å². The van der Waals surface area contributed by atoms with E-state index in [1.165, 1.54) is 4.72 Å². The van der Waals surface area contributed by atoms with Crippen molar-refractivity contribution in [2.24, 2.45) is 0 Å². The summed E-state index contributed by atoms with van der Waals surface area (Å²) < 4.78 is 68.8. The number of ether oxygens (including phenoxy) is 2. The van der Waals surface area contributed by atoms with Crippen LogP contribution >= 0.6 is 0 Å². The summed E-state index contributed by atoms with van der Waals surface area (Å²) in [5.41, 5.74) is -5.48. The predicted octanol–water partition coefficient (Wildman–Crippen LogP) is -0.123. The Bertz CT molecular complexity index is 421. The normalized spacial score (nSPS) is 35.6. The topological polar surface area (TPSA) is 83.3 Å². The molecule has 0 amide bonds. The Balaban J connectivity index is 1.68. The van der Waals surface area contributed by atoms with E-state index in [9.17, 15) is 21.6 Å². The van der Waals surface area contributed by atoms with Crippen LogP contribution in [0.5, 0.6) is 0 Å². The monoisotopic (exact) mass is 290 g/mol. The van der Waals surface area contributed by atoms with E-state index in [-0.39, 0.29) is 5.60 Å². The van der Waals surface area contributed by atoms with Gasteiger partial charge in [0.05, 0.1) is 12.2 Å². The Kier molecular flexibility index (Phi) is 3.35. The van der Waals surface area contributed by atoms with E-state index < -0.39 is 28.0 Å². The summed E-state index contributed by atoms with van der Waals surface area (Å²) in [5, 5.41) is 2.78. The van der Waals surface area contributed by atoms with Crippen molar-refractivity contribution in [2.75, 3.05) is 13.2 Å². The summed E-state index contributed by atoms with van der Waals surface area (Å²) >= 11 is 0. The zero-order chi connectivity index (χ0) is 13.6. The third kappa shape index (κ3) is 3.32. The van der Waals surface area contributed by atoms with E-state index in [2.05, 4.69) is 5.32 Å². The largest absolute Gasteiger partial charge is 0.511 e. The van der Waals surface area contributed by atoms with Crippen molar-refractivity contribution in [1.29, 1.82) is 0 Å². The summed E-state index contributed by atoms with van der Waals surface area (Å²) in [5.74, 6) is 0. The average Bonchev–Trinajstić information content (AvgIpc) is 3.06. The lowest BCUT2D eigenvalue weighted by molar-refractivity contribution is -0.0451. The molecule has 0 aliphatic carbocycles. The van der Waals surface area contributed by atoms with E-state index in [1.807, 2.05) is 6.92 Å². The first kappa shape index (κ1) is 14.0. The molecule has 2 N–H and O–H groups in total. The van der Waals surface area contributed by atoms with E-state index in [1.54, 1.807) is 0 Å². The fraction of sp³-hybridized carbons (Fsp3) is 1.00. The zero-order valence-electron chi connectivity index (χ0n) is 9.45. The molecule has 18 heavy (non-hydrogen) atoms. The standard InChI is InChI=1S/C8H13F3N2O4S/c1-7(4-16-7)2-3-12-5-6(17-5)13-18(14,15)8(9,10)11/h5-6,12-13H,2-4H2,1H3. The highest BCUT2D eigenvalue weighted by molar-refractivity contribution is 7.90. The fourth-order valence-corrected chi connectivity index (χ4v) is 1.94. The van der Waals surface area contributed by atoms with E-state index in [4.69, 9.17) is 9.47 Å². The third-order valence-corrected chi connectivity index (χ3v) is 3.86. The van der Waals surface area contributed by atoms with Crippen LogP contribution in [0.15, 0.2) is 0 Å². The molecule has 2 fully saturated rings. The molecule has 3 atom stereocenters. The van der Waals surface area contributed by atoms with E-state index >= 15 is 0 Å². The van der Waals surface area contributed by atoms with Gasteiger partial charge in [-0.25, -0.2) is 8.42 Å². The zero-order valence-corrected chi connectivity index (χ0v) is 10.3. The summed E-state index contributed by atoms with van der Waals surface area (Å²) in [4.78, 5) is 0. The first-order valence-corrected chi connectivity index (χ1v) is 6.73. The average molecular weight is 290 g/mol. The molecule has 0 radical (unpaired) electrons. The van der Waals surface area contributed by atoms with Gasteiger partial charge in [0.25, 0.3) is 0 Å². The maximum absolute atomic E-state index is 12.0. The SMILES string of the molecule is CC1(CCNC2OC2NS(=O)(=O)C(F)(F)F)CO1. The summed E-state index contributed by atoms with van der Waals surface area (Å²) in [6, 6.07) is 0. The van der Waals surface area contributed by atoms with Crippen LogP contribution in [0.3, 0.4) is 0 Å². The molecule has 2 saturated heterocycles. The first-order chi connectivity index (χ1) is 8.13. The Morgan fingerprint density at radius 3 is 2.50 bits per heavy atom. The molecule has 106 valence electrons. The van der Waals surface area contributed by atoms with Gasteiger partial charge in [-0.15, -0.1) is 0 Å². The molecule has 3 unspecified atom stereocenters. The van der Waals surface area contributed by atoms with Crippen LogP contribution in [0.25, 0.3) is 0 Å². The van der Waals surface area contributed by atoms with Crippen LogP contribution in [-0.4, -0.2) is 45.1 Å². The number of alkyl halides is 3. The van der Waals surface area contributed by atoms with Crippen molar-refractivity contribution < 1.29 is 31.1 Å². The molecule has 0 bridgehead atoms. The molecule has 2 aliphatic heterocycles. The summed E-state index contributed by atoms with van der Waals surface area (Å²) in [7, 11) is -5.35. The highest BCUT2D eigenvalue weighted by atomic mass is 32.2. The molecule has 2 aliphatic rings. The highest BCUT2D eigenvalue weighted by Gasteiger charge is 2.52. The van der Waals surface area contributed by atoms with Crippen LogP contribution in [0, 0.1) is 0 Å². The van der Waals surface area contributed by atoms with Crippen LogP contribution in [-0.2, 0) is 19.5 Å². The number of hydrogen-bond donors (Lipinski definition) is 2. The number of sulfonamides is 1. The van der Waals surface area contributed by atoms with Crippen molar-refractivity contribution in [3.63, 3.8) is 0 Å². The summed E-state index contributed by atoms with van der Waals surface area (Å²) in [6.07, 6.45) is -1.19. The molecule has 0 aromatic carbocycles. The second-order valence-corrected chi connectivity index (χ2v) is 6.19. The second kappa shape index (κ2) is 4.30. The Morgan fingerprint density at radius 1 is 1.39 bits per heavy atom.